The van der Waals surface area contributed by atoms with Crippen LogP contribution in [0.15, 0.2) is 36.4 Å². The maximum absolute atomic E-state index is 12.7. The van der Waals surface area contributed by atoms with Crippen molar-refractivity contribution in [2.24, 2.45) is 5.92 Å². The SMILES string of the molecule is Cc1ccc(-c2ccc(N3CCN(C(=O)C4CCCCC4)CC3)nn2)cc1. The molecule has 27 heavy (non-hydrogen) atoms. The number of hydrogen-bond donors (Lipinski definition) is 0. The van der Waals surface area contributed by atoms with Crippen molar-refractivity contribution in [1.82, 2.24) is 15.1 Å². The highest BCUT2D eigenvalue weighted by atomic mass is 16.2. The Morgan fingerprint density at radius 1 is 0.889 bits per heavy atom. The zero-order chi connectivity index (χ0) is 18.6. The quantitative estimate of drug-likeness (QED) is 0.834. The number of nitrogens with zero attached hydrogens (tertiary/aromatic N) is 4. The Bertz CT molecular complexity index is 758. The largest absolute Gasteiger partial charge is 0.352 e. The molecule has 1 saturated carbocycles. The fraction of sp³-hybridized carbons (Fsp3) is 0.500. The van der Waals surface area contributed by atoms with Crippen molar-refractivity contribution < 1.29 is 4.79 Å². The van der Waals surface area contributed by atoms with E-state index in [0.29, 0.717) is 5.91 Å². The average Bonchev–Trinajstić information content (AvgIpc) is 2.75. The maximum Gasteiger partial charge on any atom is 0.225 e. The van der Waals surface area contributed by atoms with Gasteiger partial charge in [-0.15, -0.1) is 10.2 Å². The van der Waals surface area contributed by atoms with Gasteiger partial charge in [0.05, 0.1) is 5.69 Å². The fourth-order valence-electron chi connectivity index (χ4n) is 4.14. The molecule has 5 heteroatoms. The van der Waals surface area contributed by atoms with Crippen LogP contribution in [0.5, 0.6) is 0 Å². The van der Waals surface area contributed by atoms with Crippen LogP contribution in [-0.4, -0.2) is 47.2 Å². The normalized spacial score (nSPS) is 18.6. The van der Waals surface area contributed by atoms with E-state index in [-0.39, 0.29) is 5.92 Å². The lowest BCUT2D eigenvalue weighted by Crippen LogP contribution is -2.50. The third-order valence-electron chi connectivity index (χ3n) is 5.87. The summed E-state index contributed by atoms with van der Waals surface area (Å²) in [5.74, 6) is 1.53. The molecule has 0 bridgehead atoms. The first-order valence-corrected chi connectivity index (χ1v) is 10.2. The van der Waals surface area contributed by atoms with E-state index in [0.717, 1.165) is 56.1 Å². The molecule has 2 heterocycles. The van der Waals surface area contributed by atoms with E-state index >= 15 is 0 Å². The van der Waals surface area contributed by atoms with Gasteiger partial charge in [-0.25, -0.2) is 0 Å². The van der Waals surface area contributed by atoms with Crippen molar-refractivity contribution in [2.45, 2.75) is 39.0 Å². The minimum Gasteiger partial charge on any atom is -0.352 e. The van der Waals surface area contributed by atoms with Gasteiger partial charge >= 0.3 is 0 Å². The second-order valence-corrected chi connectivity index (χ2v) is 7.79. The molecule has 2 aromatic rings. The third kappa shape index (κ3) is 4.12. The van der Waals surface area contributed by atoms with Crippen molar-refractivity contribution in [3.05, 3.63) is 42.0 Å². The van der Waals surface area contributed by atoms with Crippen LogP contribution in [0.2, 0.25) is 0 Å². The number of anilines is 1. The predicted octanol–water partition coefficient (Wildman–Crippen LogP) is 3.68. The smallest absolute Gasteiger partial charge is 0.225 e. The van der Waals surface area contributed by atoms with E-state index < -0.39 is 0 Å². The molecule has 1 aromatic carbocycles. The fourth-order valence-corrected chi connectivity index (χ4v) is 4.14. The third-order valence-corrected chi connectivity index (χ3v) is 5.87. The Morgan fingerprint density at radius 2 is 1.59 bits per heavy atom. The van der Waals surface area contributed by atoms with Gasteiger partial charge in [0.2, 0.25) is 5.91 Å². The van der Waals surface area contributed by atoms with Crippen LogP contribution in [0.4, 0.5) is 5.82 Å². The molecule has 142 valence electrons. The Kier molecular flexibility index (Phi) is 5.37. The van der Waals surface area contributed by atoms with E-state index in [1.165, 1.54) is 24.8 Å². The second kappa shape index (κ2) is 8.07. The Hall–Kier alpha value is -2.43. The number of carbonyl (C=O) groups is 1. The summed E-state index contributed by atoms with van der Waals surface area (Å²) in [6.45, 7) is 5.32. The monoisotopic (exact) mass is 364 g/mol. The van der Waals surface area contributed by atoms with E-state index in [9.17, 15) is 4.79 Å². The van der Waals surface area contributed by atoms with Crippen LogP contribution in [0, 0.1) is 12.8 Å². The number of aromatic nitrogens is 2. The molecule has 1 amide bonds. The Balaban J connectivity index is 1.35. The second-order valence-electron chi connectivity index (χ2n) is 7.79. The molecular formula is C22H28N4O. The van der Waals surface area contributed by atoms with Gasteiger partial charge in [-0.3, -0.25) is 4.79 Å². The molecule has 2 aliphatic rings. The highest BCUT2D eigenvalue weighted by molar-refractivity contribution is 5.79. The van der Waals surface area contributed by atoms with Gasteiger partial charge in [0.15, 0.2) is 5.82 Å². The minimum absolute atomic E-state index is 0.263. The van der Waals surface area contributed by atoms with Crippen LogP contribution < -0.4 is 4.90 Å². The van der Waals surface area contributed by atoms with Crippen LogP contribution >= 0.6 is 0 Å². The molecule has 1 aliphatic carbocycles. The van der Waals surface area contributed by atoms with Crippen LogP contribution in [0.1, 0.15) is 37.7 Å². The summed E-state index contributed by atoms with van der Waals surface area (Å²) in [5.41, 5.74) is 3.22. The summed E-state index contributed by atoms with van der Waals surface area (Å²) in [6.07, 6.45) is 5.85. The molecule has 0 unspecified atom stereocenters. The number of piperazine rings is 1. The van der Waals surface area contributed by atoms with Crippen molar-refractivity contribution in [2.75, 3.05) is 31.1 Å². The lowest BCUT2D eigenvalue weighted by molar-refractivity contribution is -0.136. The lowest BCUT2D eigenvalue weighted by Gasteiger charge is -2.37. The molecule has 0 radical (unpaired) electrons. The highest BCUT2D eigenvalue weighted by Crippen LogP contribution is 2.26. The van der Waals surface area contributed by atoms with E-state index in [1.807, 2.05) is 12.1 Å². The van der Waals surface area contributed by atoms with Gasteiger partial charge in [0.25, 0.3) is 0 Å². The molecule has 1 aliphatic heterocycles. The molecule has 0 N–H and O–H groups in total. The van der Waals surface area contributed by atoms with Crippen molar-refractivity contribution >= 4 is 11.7 Å². The van der Waals surface area contributed by atoms with Gasteiger partial charge in [0.1, 0.15) is 0 Å². The van der Waals surface area contributed by atoms with Crippen LogP contribution in [-0.2, 0) is 4.79 Å². The molecule has 0 atom stereocenters. The van der Waals surface area contributed by atoms with Crippen molar-refractivity contribution in [3.8, 4) is 11.3 Å². The number of hydrogen-bond acceptors (Lipinski definition) is 4. The van der Waals surface area contributed by atoms with E-state index in [2.05, 4.69) is 51.2 Å². The van der Waals surface area contributed by atoms with Gasteiger partial charge in [-0.05, 0) is 31.9 Å². The number of amides is 1. The summed E-state index contributed by atoms with van der Waals surface area (Å²) in [5, 5.41) is 8.84. The average molecular weight is 364 g/mol. The van der Waals surface area contributed by atoms with Gasteiger partial charge < -0.3 is 9.80 Å². The molecule has 4 rings (SSSR count). The van der Waals surface area contributed by atoms with Crippen molar-refractivity contribution in [1.29, 1.82) is 0 Å². The first-order valence-electron chi connectivity index (χ1n) is 10.2. The van der Waals surface area contributed by atoms with E-state index in [1.54, 1.807) is 0 Å². The lowest BCUT2D eigenvalue weighted by atomic mass is 9.88. The molecule has 1 saturated heterocycles. The Morgan fingerprint density at radius 3 is 2.22 bits per heavy atom. The minimum atomic E-state index is 0.263. The summed E-state index contributed by atoms with van der Waals surface area (Å²) in [4.78, 5) is 17.0. The number of aryl methyl sites for hydroxylation is 1. The summed E-state index contributed by atoms with van der Waals surface area (Å²) >= 11 is 0. The predicted molar refractivity (Wildman–Crippen MR) is 108 cm³/mol. The van der Waals surface area contributed by atoms with E-state index in [4.69, 9.17) is 0 Å². The molecular weight excluding hydrogens is 336 g/mol. The molecule has 2 fully saturated rings. The standard InChI is InChI=1S/C22H28N4O/c1-17-7-9-18(10-8-17)20-11-12-21(24-23-20)25-13-15-26(16-14-25)22(27)19-5-3-2-4-6-19/h7-12,19H,2-6,13-16H2,1H3. The highest BCUT2D eigenvalue weighted by Gasteiger charge is 2.28. The number of benzene rings is 1. The van der Waals surface area contributed by atoms with Crippen LogP contribution in [0.25, 0.3) is 11.3 Å². The number of carbonyl (C=O) groups excluding carboxylic acids is 1. The molecule has 1 aromatic heterocycles. The van der Waals surface area contributed by atoms with Crippen molar-refractivity contribution in [3.63, 3.8) is 0 Å². The summed E-state index contributed by atoms with van der Waals surface area (Å²) in [7, 11) is 0. The number of rotatable bonds is 3. The topological polar surface area (TPSA) is 49.3 Å². The first-order chi connectivity index (χ1) is 13.2. The maximum atomic E-state index is 12.7. The summed E-state index contributed by atoms with van der Waals surface area (Å²) in [6, 6.07) is 12.4. The first kappa shape index (κ1) is 18.0. The van der Waals surface area contributed by atoms with Gasteiger partial charge in [-0.1, -0.05) is 49.1 Å². The molecule has 0 spiro atoms. The summed E-state index contributed by atoms with van der Waals surface area (Å²) < 4.78 is 0. The zero-order valence-electron chi connectivity index (χ0n) is 16.1. The van der Waals surface area contributed by atoms with Gasteiger partial charge in [0, 0.05) is 37.7 Å². The van der Waals surface area contributed by atoms with Crippen LogP contribution in [0.3, 0.4) is 0 Å². The van der Waals surface area contributed by atoms with Gasteiger partial charge in [-0.2, -0.15) is 0 Å². The zero-order valence-corrected chi connectivity index (χ0v) is 16.1. The Labute approximate surface area is 161 Å². The molecule has 5 nitrogen and oxygen atoms in total.